The van der Waals surface area contributed by atoms with Crippen LogP contribution in [0.5, 0.6) is 0 Å². The number of nitrogens with one attached hydrogen (secondary N) is 2. The summed E-state index contributed by atoms with van der Waals surface area (Å²) >= 11 is 0. The lowest BCUT2D eigenvalue weighted by atomic mass is 9.86. The summed E-state index contributed by atoms with van der Waals surface area (Å²) < 4.78 is 0. The van der Waals surface area contributed by atoms with Gasteiger partial charge in [-0.3, -0.25) is 4.98 Å². The fraction of sp³-hybridized carbons (Fsp3) is 0.412. The van der Waals surface area contributed by atoms with Gasteiger partial charge in [-0.25, -0.2) is 4.98 Å². The van der Waals surface area contributed by atoms with Crippen LogP contribution in [-0.2, 0) is 5.41 Å². The minimum atomic E-state index is 0.0785. The summed E-state index contributed by atoms with van der Waals surface area (Å²) in [5.74, 6) is 1.56. The van der Waals surface area contributed by atoms with E-state index in [2.05, 4.69) is 66.5 Å². The first-order chi connectivity index (χ1) is 10.0. The van der Waals surface area contributed by atoms with Crippen molar-refractivity contribution < 1.29 is 0 Å². The molecule has 0 fully saturated rings. The van der Waals surface area contributed by atoms with Crippen molar-refractivity contribution in [3.8, 4) is 0 Å². The van der Waals surface area contributed by atoms with Gasteiger partial charge in [-0.15, -0.1) is 0 Å². The molecule has 0 aliphatic heterocycles. The van der Waals surface area contributed by atoms with E-state index in [0.717, 1.165) is 30.3 Å². The lowest BCUT2D eigenvalue weighted by Gasteiger charge is -2.23. The van der Waals surface area contributed by atoms with Crippen LogP contribution < -0.4 is 10.6 Å². The highest BCUT2D eigenvalue weighted by Gasteiger charge is 2.17. The minimum absolute atomic E-state index is 0.0785. The number of benzene rings is 1. The van der Waals surface area contributed by atoms with Gasteiger partial charge in [0.1, 0.15) is 5.82 Å². The van der Waals surface area contributed by atoms with Crippen molar-refractivity contribution in [2.45, 2.75) is 39.5 Å². The number of hydrogen-bond donors (Lipinski definition) is 2. The zero-order valence-corrected chi connectivity index (χ0v) is 13.3. The smallest absolute Gasteiger partial charge is 0.151 e. The molecule has 1 aromatic carbocycles. The average molecular weight is 284 g/mol. The van der Waals surface area contributed by atoms with Crippen LogP contribution in [0.4, 0.5) is 17.3 Å². The molecule has 2 aromatic rings. The SMILES string of the molecule is CCCNc1cncc(Nc2ccccc2C(C)(C)C)n1. The third-order valence-electron chi connectivity index (χ3n) is 3.19. The molecule has 0 bridgehead atoms. The molecule has 1 heterocycles. The maximum absolute atomic E-state index is 4.54. The van der Waals surface area contributed by atoms with Gasteiger partial charge in [0, 0.05) is 12.2 Å². The Kier molecular flexibility index (Phi) is 4.78. The van der Waals surface area contributed by atoms with Crippen LogP contribution in [0.1, 0.15) is 39.7 Å². The Morgan fingerprint density at radius 1 is 1.05 bits per heavy atom. The van der Waals surface area contributed by atoms with Crippen LogP contribution in [0.25, 0.3) is 0 Å². The van der Waals surface area contributed by atoms with E-state index in [1.54, 1.807) is 12.4 Å². The van der Waals surface area contributed by atoms with E-state index >= 15 is 0 Å². The fourth-order valence-corrected chi connectivity index (χ4v) is 2.15. The van der Waals surface area contributed by atoms with Gasteiger partial charge in [-0.1, -0.05) is 45.9 Å². The molecule has 0 saturated heterocycles. The molecule has 0 spiro atoms. The highest BCUT2D eigenvalue weighted by molar-refractivity contribution is 5.62. The van der Waals surface area contributed by atoms with Crippen molar-refractivity contribution in [3.63, 3.8) is 0 Å². The van der Waals surface area contributed by atoms with Gasteiger partial charge in [0.15, 0.2) is 5.82 Å². The Morgan fingerprint density at radius 2 is 1.76 bits per heavy atom. The number of aromatic nitrogens is 2. The molecule has 21 heavy (non-hydrogen) atoms. The second-order valence-corrected chi connectivity index (χ2v) is 6.14. The van der Waals surface area contributed by atoms with E-state index in [-0.39, 0.29) is 5.41 Å². The third kappa shape index (κ3) is 4.18. The molecular weight excluding hydrogens is 260 g/mol. The van der Waals surface area contributed by atoms with E-state index in [1.807, 2.05) is 6.07 Å². The van der Waals surface area contributed by atoms with Crippen LogP contribution in [-0.4, -0.2) is 16.5 Å². The summed E-state index contributed by atoms with van der Waals surface area (Å²) in [4.78, 5) is 8.78. The third-order valence-corrected chi connectivity index (χ3v) is 3.19. The van der Waals surface area contributed by atoms with Gasteiger partial charge in [0.05, 0.1) is 12.4 Å². The summed E-state index contributed by atoms with van der Waals surface area (Å²) in [6, 6.07) is 8.32. The number of nitrogens with zero attached hydrogens (tertiary/aromatic N) is 2. The zero-order chi connectivity index (χ0) is 15.3. The van der Waals surface area contributed by atoms with Crippen molar-refractivity contribution in [2.24, 2.45) is 0 Å². The molecule has 0 saturated carbocycles. The molecule has 112 valence electrons. The van der Waals surface area contributed by atoms with Gasteiger partial charge in [-0.05, 0) is 23.5 Å². The van der Waals surface area contributed by atoms with Crippen LogP contribution >= 0.6 is 0 Å². The summed E-state index contributed by atoms with van der Waals surface area (Å²) in [5.41, 5.74) is 2.42. The summed E-state index contributed by atoms with van der Waals surface area (Å²) in [7, 11) is 0. The highest BCUT2D eigenvalue weighted by atomic mass is 15.1. The maximum Gasteiger partial charge on any atom is 0.151 e. The molecule has 1 aromatic heterocycles. The van der Waals surface area contributed by atoms with Crippen LogP contribution in [0.15, 0.2) is 36.7 Å². The van der Waals surface area contributed by atoms with E-state index in [0.29, 0.717) is 0 Å². The van der Waals surface area contributed by atoms with E-state index in [1.165, 1.54) is 5.56 Å². The van der Waals surface area contributed by atoms with Crippen LogP contribution in [0.3, 0.4) is 0 Å². The Bertz CT molecular complexity index is 587. The Balaban J connectivity index is 2.23. The van der Waals surface area contributed by atoms with E-state index in [9.17, 15) is 0 Å². The number of hydrogen-bond acceptors (Lipinski definition) is 4. The quantitative estimate of drug-likeness (QED) is 0.857. The molecule has 4 heteroatoms. The van der Waals surface area contributed by atoms with Crippen molar-refractivity contribution in [1.29, 1.82) is 0 Å². The number of rotatable bonds is 5. The Labute approximate surface area is 127 Å². The standard InChI is InChI=1S/C17H24N4/c1-5-10-19-15-11-18-12-16(21-15)20-14-9-7-6-8-13(14)17(2,3)4/h6-9,11-12H,5,10H2,1-4H3,(H2,19,20,21). The molecule has 0 atom stereocenters. The molecule has 0 aliphatic rings. The second kappa shape index (κ2) is 6.57. The second-order valence-electron chi connectivity index (χ2n) is 6.14. The lowest BCUT2D eigenvalue weighted by molar-refractivity contribution is 0.592. The topological polar surface area (TPSA) is 49.8 Å². The first-order valence-corrected chi connectivity index (χ1v) is 7.43. The Morgan fingerprint density at radius 3 is 2.48 bits per heavy atom. The van der Waals surface area contributed by atoms with Crippen LogP contribution in [0.2, 0.25) is 0 Å². The van der Waals surface area contributed by atoms with E-state index in [4.69, 9.17) is 0 Å². The maximum atomic E-state index is 4.54. The molecule has 0 unspecified atom stereocenters. The van der Waals surface area contributed by atoms with Gasteiger partial charge in [0.25, 0.3) is 0 Å². The molecule has 2 N–H and O–H groups in total. The first kappa shape index (κ1) is 15.3. The predicted molar refractivity (Wildman–Crippen MR) is 89.2 cm³/mol. The summed E-state index contributed by atoms with van der Waals surface area (Å²) in [6.45, 7) is 9.65. The predicted octanol–water partition coefficient (Wildman–Crippen LogP) is 4.34. The van der Waals surface area contributed by atoms with Crippen molar-refractivity contribution in [3.05, 3.63) is 42.2 Å². The van der Waals surface area contributed by atoms with E-state index < -0.39 is 0 Å². The number of para-hydroxylation sites is 1. The van der Waals surface area contributed by atoms with Crippen molar-refractivity contribution >= 4 is 17.3 Å². The van der Waals surface area contributed by atoms with Gasteiger partial charge in [-0.2, -0.15) is 0 Å². The Hall–Kier alpha value is -2.10. The van der Waals surface area contributed by atoms with Gasteiger partial charge in [0.2, 0.25) is 0 Å². The average Bonchev–Trinajstić information content (AvgIpc) is 2.45. The fourth-order valence-electron chi connectivity index (χ4n) is 2.15. The molecule has 2 rings (SSSR count). The van der Waals surface area contributed by atoms with Crippen molar-refractivity contribution in [2.75, 3.05) is 17.2 Å². The summed E-state index contributed by atoms with van der Waals surface area (Å²) in [5, 5.41) is 6.63. The molecule has 0 amide bonds. The minimum Gasteiger partial charge on any atom is -0.369 e. The zero-order valence-electron chi connectivity index (χ0n) is 13.3. The monoisotopic (exact) mass is 284 g/mol. The molecule has 0 radical (unpaired) electrons. The molecule has 4 nitrogen and oxygen atoms in total. The lowest BCUT2D eigenvalue weighted by Crippen LogP contribution is -2.14. The van der Waals surface area contributed by atoms with Gasteiger partial charge >= 0.3 is 0 Å². The van der Waals surface area contributed by atoms with Crippen LogP contribution in [0, 0.1) is 0 Å². The first-order valence-electron chi connectivity index (χ1n) is 7.43. The highest BCUT2D eigenvalue weighted by Crippen LogP contribution is 2.30. The molecular formula is C17H24N4. The summed E-state index contributed by atoms with van der Waals surface area (Å²) in [6.07, 6.45) is 4.55. The van der Waals surface area contributed by atoms with Crippen molar-refractivity contribution in [1.82, 2.24) is 9.97 Å². The van der Waals surface area contributed by atoms with Gasteiger partial charge < -0.3 is 10.6 Å². The molecule has 0 aliphatic carbocycles. The normalized spacial score (nSPS) is 11.2. The number of anilines is 3. The largest absolute Gasteiger partial charge is 0.369 e.